The second-order valence-corrected chi connectivity index (χ2v) is 6.67. The lowest BCUT2D eigenvalue weighted by Crippen LogP contribution is -2.29. The number of ether oxygens (including phenoxy) is 1. The molecule has 0 saturated heterocycles. The number of amides is 1. The van der Waals surface area contributed by atoms with Crippen LogP contribution in [0.15, 0.2) is 36.9 Å². The minimum absolute atomic E-state index is 0.149. The maximum Gasteiger partial charge on any atom is 0.257 e. The van der Waals surface area contributed by atoms with Crippen molar-refractivity contribution in [1.29, 1.82) is 0 Å². The number of anilines is 1. The van der Waals surface area contributed by atoms with E-state index in [1.807, 2.05) is 0 Å². The van der Waals surface area contributed by atoms with E-state index >= 15 is 0 Å². The monoisotopic (exact) mass is 343 g/mol. The largest absolute Gasteiger partial charge is 0.490 e. The Morgan fingerprint density at radius 3 is 2.96 bits per heavy atom. The number of hydrogen-bond acceptors (Lipinski definition) is 5. The average Bonchev–Trinajstić information content (AvgIpc) is 3.01. The number of carbonyl (C=O) groups excluding carboxylic acids is 1. The lowest BCUT2D eigenvalue weighted by molar-refractivity contribution is 0.102. The summed E-state index contributed by atoms with van der Waals surface area (Å²) in [7, 11) is 0. The van der Waals surface area contributed by atoms with E-state index in [4.69, 9.17) is 4.74 Å². The Balaban J connectivity index is 1.65. The van der Waals surface area contributed by atoms with Gasteiger partial charge in [0.2, 0.25) is 0 Å². The summed E-state index contributed by atoms with van der Waals surface area (Å²) in [5, 5.41) is 3.58. The molecule has 1 aromatic carbocycles. The van der Waals surface area contributed by atoms with Gasteiger partial charge in [-0.2, -0.15) is 0 Å². The van der Waals surface area contributed by atoms with Gasteiger partial charge < -0.3 is 4.74 Å². The number of aromatic nitrogens is 1. The molecular formula is C18H21N3O2S. The summed E-state index contributed by atoms with van der Waals surface area (Å²) < 4.78 is 5.42. The maximum atomic E-state index is 12.4. The Kier molecular flexibility index (Phi) is 5.27. The van der Waals surface area contributed by atoms with Gasteiger partial charge >= 0.3 is 0 Å². The summed E-state index contributed by atoms with van der Waals surface area (Å²) in [6.45, 7) is 9.22. The van der Waals surface area contributed by atoms with Crippen molar-refractivity contribution in [2.75, 3.05) is 25.0 Å². The van der Waals surface area contributed by atoms with E-state index in [-0.39, 0.29) is 5.91 Å². The van der Waals surface area contributed by atoms with Crippen LogP contribution in [0.4, 0.5) is 5.13 Å². The Morgan fingerprint density at radius 1 is 1.46 bits per heavy atom. The van der Waals surface area contributed by atoms with E-state index < -0.39 is 0 Å². The molecule has 1 N–H and O–H groups in total. The molecule has 1 aliphatic heterocycles. The lowest BCUT2D eigenvalue weighted by Gasteiger charge is -2.23. The number of fused-ring (bicyclic) bond motifs is 1. The van der Waals surface area contributed by atoms with Crippen molar-refractivity contribution < 1.29 is 9.53 Å². The topological polar surface area (TPSA) is 54.5 Å². The van der Waals surface area contributed by atoms with Crippen molar-refractivity contribution in [3.63, 3.8) is 0 Å². The van der Waals surface area contributed by atoms with Crippen molar-refractivity contribution in [3.8, 4) is 5.75 Å². The van der Waals surface area contributed by atoms with Crippen molar-refractivity contribution in [2.24, 2.45) is 0 Å². The highest BCUT2D eigenvalue weighted by Gasteiger charge is 2.20. The Morgan fingerprint density at radius 2 is 2.25 bits per heavy atom. The first-order valence-corrected chi connectivity index (χ1v) is 8.87. The molecule has 1 aromatic heterocycles. The molecule has 0 saturated carbocycles. The third-order valence-electron chi connectivity index (χ3n) is 3.96. The first kappa shape index (κ1) is 16.7. The number of carbonyl (C=O) groups is 1. The highest BCUT2D eigenvalue weighted by molar-refractivity contribution is 7.15. The second kappa shape index (κ2) is 7.59. The molecule has 24 heavy (non-hydrogen) atoms. The molecule has 126 valence electrons. The van der Waals surface area contributed by atoms with Crippen LogP contribution in [0, 0.1) is 0 Å². The Bertz CT molecular complexity index is 724. The van der Waals surface area contributed by atoms with Gasteiger partial charge in [0.15, 0.2) is 5.13 Å². The molecule has 2 heterocycles. The summed E-state index contributed by atoms with van der Waals surface area (Å²) in [5.41, 5.74) is 1.71. The van der Waals surface area contributed by atoms with E-state index in [1.165, 1.54) is 4.88 Å². The predicted molar refractivity (Wildman–Crippen MR) is 96.9 cm³/mol. The predicted octanol–water partition coefficient (Wildman–Crippen LogP) is 3.34. The zero-order valence-electron chi connectivity index (χ0n) is 13.7. The molecule has 0 atom stereocenters. The molecule has 0 fully saturated rings. The smallest absolute Gasteiger partial charge is 0.257 e. The van der Waals surface area contributed by atoms with Crippen LogP contribution in [0.2, 0.25) is 0 Å². The number of thiazole rings is 1. The standard InChI is InChI=1S/C18H21N3O2S/c1-3-11-23-14-7-5-13(6-8-14)17(22)20-18-19-15-9-10-21(4-2)12-16(15)24-18/h3,5-8H,1,4,9-12H2,2H3,(H,19,20,22). The SMILES string of the molecule is C=CCOc1ccc(C(=O)Nc2nc3c(s2)CN(CC)CC3)cc1. The number of rotatable bonds is 6. The lowest BCUT2D eigenvalue weighted by atomic mass is 10.2. The number of benzene rings is 1. The van der Waals surface area contributed by atoms with E-state index in [9.17, 15) is 4.79 Å². The van der Waals surface area contributed by atoms with Crippen molar-refractivity contribution in [2.45, 2.75) is 19.9 Å². The highest BCUT2D eigenvalue weighted by Crippen LogP contribution is 2.28. The molecule has 5 nitrogen and oxygen atoms in total. The van der Waals surface area contributed by atoms with Gasteiger partial charge in [0.1, 0.15) is 12.4 Å². The van der Waals surface area contributed by atoms with Gasteiger partial charge in [-0.25, -0.2) is 4.98 Å². The molecule has 1 aliphatic rings. The number of nitrogens with one attached hydrogen (secondary N) is 1. The van der Waals surface area contributed by atoms with Gasteiger partial charge in [-0.15, -0.1) is 11.3 Å². The van der Waals surface area contributed by atoms with Gasteiger partial charge in [0.25, 0.3) is 5.91 Å². The third-order valence-corrected chi connectivity index (χ3v) is 4.96. The van der Waals surface area contributed by atoms with Crippen LogP contribution < -0.4 is 10.1 Å². The van der Waals surface area contributed by atoms with Gasteiger partial charge in [0.05, 0.1) is 5.69 Å². The molecular weight excluding hydrogens is 322 g/mol. The summed E-state index contributed by atoms with van der Waals surface area (Å²) >= 11 is 1.57. The zero-order chi connectivity index (χ0) is 16.9. The molecule has 0 spiro atoms. The van der Waals surface area contributed by atoms with E-state index in [0.29, 0.717) is 17.3 Å². The first-order chi connectivity index (χ1) is 11.7. The molecule has 0 aliphatic carbocycles. The van der Waals surface area contributed by atoms with Crippen LogP contribution in [0.1, 0.15) is 27.9 Å². The molecule has 6 heteroatoms. The maximum absolute atomic E-state index is 12.4. The summed E-state index contributed by atoms with van der Waals surface area (Å²) in [6, 6.07) is 7.06. The summed E-state index contributed by atoms with van der Waals surface area (Å²) in [5.74, 6) is 0.569. The van der Waals surface area contributed by atoms with E-state index in [0.717, 1.165) is 37.5 Å². The molecule has 1 amide bonds. The van der Waals surface area contributed by atoms with Crippen LogP contribution in [-0.4, -0.2) is 35.5 Å². The molecule has 2 aromatic rings. The summed E-state index contributed by atoms with van der Waals surface area (Å²) in [4.78, 5) is 20.6. The van der Waals surface area contributed by atoms with Gasteiger partial charge in [-0.3, -0.25) is 15.0 Å². The number of nitrogens with zero attached hydrogens (tertiary/aromatic N) is 2. The minimum Gasteiger partial charge on any atom is -0.490 e. The molecule has 3 rings (SSSR count). The Labute approximate surface area is 146 Å². The fraction of sp³-hybridized carbons (Fsp3) is 0.333. The molecule has 0 radical (unpaired) electrons. The first-order valence-electron chi connectivity index (χ1n) is 8.05. The normalized spacial score (nSPS) is 14.0. The van der Waals surface area contributed by atoms with Crippen molar-refractivity contribution in [3.05, 3.63) is 53.1 Å². The van der Waals surface area contributed by atoms with Gasteiger partial charge in [0, 0.05) is 30.0 Å². The van der Waals surface area contributed by atoms with Crippen LogP contribution in [0.5, 0.6) is 5.75 Å². The highest BCUT2D eigenvalue weighted by atomic mass is 32.1. The van der Waals surface area contributed by atoms with Crippen molar-refractivity contribution >= 4 is 22.4 Å². The van der Waals surface area contributed by atoms with Crippen LogP contribution in [0.3, 0.4) is 0 Å². The fourth-order valence-electron chi connectivity index (χ4n) is 2.60. The van der Waals surface area contributed by atoms with Gasteiger partial charge in [-0.05, 0) is 30.8 Å². The van der Waals surface area contributed by atoms with Crippen molar-refractivity contribution in [1.82, 2.24) is 9.88 Å². The number of hydrogen-bond donors (Lipinski definition) is 1. The van der Waals surface area contributed by atoms with Crippen LogP contribution in [0.25, 0.3) is 0 Å². The van der Waals surface area contributed by atoms with Crippen LogP contribution >= 0.6 is 11.3 Å². The van der Waals surface area contributed by atoms with E-state index in [2.05, 4.69) is 28.7 Å². The molecule has 0 bridgehead atoms. The average molecular weight is 343 g/mol. The zero-order valence-corrected chi connectivity index (χ0v) is 14.6. The quantitative estimate of drug-likeness (QED) is 0.818. The van der Waals surface area contributed by atoms with Gasteiger partial charge in [-0.1, -0.05) is 19.6 Å². The Hall–Kier alpha value is -2.18. The number of likely N-dealkylation sites (N-methyl/N-ethyl adjacent to an activating group) is 1. The van der Waals surface area contributed by atoms with E-state index in [1.54, 1.807) is 41.7 Å². The fourth-order valence-corrected chi connectivity index (χ4v) is 3.64. The third kappa shape index (κ3) is 3.83. The summed E-state index contributed by atoms with van der Waals surface area (Å²) in [6.07, 6.45) is 2.63. The second-order valence-electron chi connectivity index (χ2n) is 5.59. The van der Waals surface area contributed by atoms with Crippen LogP contribution in [-0.2, 0) is 13.0 Å². The molecule has 0 unspecified atom stereocenters. The minimum atomic E-state index is -0.149.